The summed E-state index contributed by atoms with van der Waals surface area (Å²) in [5.74, 6) is -0.918. The minimum Gasteiger partial charge on any atom is -0.289 e. The monoisotopic (exact) mass is 268 g/mol. The van der Waals surface area contributed by atoms with Crippen molar-refractivity contribution in [2.24, 2.45) is 0 Å². The average molecular weight is 269 g/mol. The summed E-state index contributed by atoms with van der Waals surface area (Å²) in [4.78, 5) is 12.1. The van der Waals surface area contributed by atoms with Crippen molar-refractivity contribution in [2.45, 2.75) is 0 Å². The van der Waals surface area contributed by atoms with Crippen molar-refractivity contribution < 1.29 is 9.18 Å². The second kappa shape index (κ2) is 4.86. The van der Waals surface area contributed by atoms with Crippen molar-refractivity contribution in [3.63, 3.8) is 0 Å². The molecular formula is C13H7Cl2FO. The van der Waals surface area contributed by atoms with Crippen LogP contribution in [0.1, 0.15) is 15.9 Å². The molecule has 0 aromatic heterocycles. The number of carbonyl (C=O) groups excluding carboxylic acids is 1. The maximum atomic E-state index is 13.1. The summed E-state index contributed by atoms with van der Waals surface area (Å²) < 4.78 is 13.1. The standard InChI is InChI=1S/C13H7Cl2FO/c14-11-9(6-7-10(16)12(11)15)13(17)8-4-2-1-3-5-8/h1-7H. The summed E-state index contributed by atoms with van der Waals surface area (Å²) in [7, 11) is 0. The number of hydrogen-bond donors (Lipinski definition) is 0. The molecule has 0 heterocycles. The minimum atomic E-state index is -0.638. The van der Waals surface area contributed by atoms with Crippen LogP contribution in [0.15, 0.2) is 42.5 Å². The molecule has 2 rings (SSSR count). The first-order valence-corrected chi connectivity index (χ1v) is 5.60. The molecule has 0 fully saturated rings. The molecule has 0 unspecified atom stereocenters. The van der Waals surface area contributed by atoms with Gasteiger partial charge in [0.15, 0.2) is 5.78 Å². The molecule has 2 aromatic rings. The van der Waals surface area contributed by atoms with E-state index in [0.29, 0.717) is 5.56 Å². The molecule has 17 heavy (non-hydrogen) atoms. The molecule has 0 aliphatic heterocycles. The van der Waals surface area contributed by atoms with E-state index in [1.807, 2.05) is 0 Å². The predicted octanol–water partition coefficient (Wildman–Crippen LogP) is 4.36. The van der Waals surface area contributed by atoms with E-state index in [-0.39, 0.29) is 21.4 Å². The molecule has 0 aliphatic rings. The number of rotatable bonds is 2. The Hall–Kier alpha value is -1.38. The van der Waals surface area contributed by atoms with Gasteiger partial charge in [-0.2, -0.15) is 0 Å². The third-order valence-electron chi connectivity index (χ3n) is 2.32. The van der Waals surface area contributed by atoms with Gasteiger partial charge in [-0.3, -0.25) is 4.79 Å². The molecular weight excluding hydrogens is 262 g/mol. The first-order valence-electron chi connectivity index (χ1n) is 4.84. The molecule has 4 heteroatoms. The molecule has 86 valence electrons. The molecule has 0 saturated carbocycles. The Morgan fingerprint density at radius 1 is 0.941 bits per heavy atom. The van der Waals surface area contributed by atoms with Crippen LogP contribution in [-0.2, 0) is 0 Å². The largest absolute Gasteiger partial charge is 0.289 e. The number of hydrogen-bond acceptors (Lipinski definition) is 1. The molecule has 0 radical (unpaired) electrons. The van der Waals surface area contributed by atoms with E-state index in [9.17, 15) is 9.18 Å². The van der Waals surface area contributed by atoms with Gasteiger partial charge in [-0.1, -0.05) is 53.5 Å². The van der Waals surface area contributed by atoms with Gasteiger partial charge in [0.05, 0.1) is 10.0 Å². The van der Waals surface area contributed by atoms with Crippen LogP contribution in [0.25, 0.3) is 0 Å². The van der Waals surface area contributed by atoms with E-state index < -0.39 is 5.82 Å². The molecule has 0 bridgehead atoms. The highest BCUT2D eigenvalue weighted by Gasteiger charge is 2.16. The van der Waals surface area contributed by atoms with E-state index in [1.54, 1.807) is 30.3 Å². The van der Waals surface area contributed by atoms with Gasteiger partial charge < -0.3 is 0 Å². The van der Waals surface area contributed by atoms with Crippen LogP contribution >= 0.6 is 23.2 Å². The highest BCUT2D eigenvalue weighted by Crippen LogP contribution is 2.29. The first-order chi connectivity index (χ1) is 8.11. The smallest absolute Gasteiger partial charge is 0.194 e. The van der Waals surface area contributed by atoms with Gasteiger partial charge in [0.25, 0.3) is 0 Å². The van der Waals surface area contributed by atoms with E-state index in [1.165, 1.54) is 6.07 Å². The minimum absolute atomic E-state index is 0.0551. The van der Waals surface area contributed by atoms with Crippen LogP contribution in [0, 0.1) is 5.82 Å². The lowest BCUT2D eigenvalue weighted by molar-refractivity contribution is 0.103. The summed E-state index contributed by atoms with van der Waals surface area (Å²) in [5.41, 5.74) is 0.682. The van der Waals surface area contributed by atoms with Gasteiger partial charge in [-0.05, 0) is 12.1 Å². The van der Waals surface area contributed by atoms with Crippen LogP contribution in [0.2, 0.25) is 10.0 Å². The molecule has 0 saturated heterocycles. The van der Waals surface area contributed by atoms with E-state index in [0.717, 1.165) is 6.07 Å². The summed E-state index contributed by atoms with van der Waals surface area (Å²) in [5, 5.41) is -0.283. The van der Waals surface area contributed by atoms with Crippen LogP contribution in [0.3, 0.4) is 0 Å². The maximum absolute atomic E-state index is 13.1. The maximum Gasteiger partial charge on any atom is 0.194 e. The highest BCUT2D eigenvalue weighted by molar-refractivity contribution is 6.44. The van der Waals surface area contributed by atoms with Crippen LogP contribution < -0.4 is 0 Å². The van der Waals surface area contributed by atoms with E-state index in [2.05, 4.69) is 0 Å². The highest BCUT2D eigenvalue weighted by atomic mass is 35.5. The molecule has 2 aromatic carbocycles. The van der Waals surface area contributed by atoms with E-state index in [4.69, 9.17) is 23.2 Å². The van der Waals surface area contributed by atoms with Crippen LogP contribution in [0.4, 0.5) is 4.39 Å². The molecule has 1 nitrogen and oxygen atoms in total. The van der Waals surface area contributed by atoms with Gasteiger partial charge >= 0.3 is 0 Å². The average Bonchev–Trinajstić information content (AvgIpc) is 2.36. The first kappa shape index (κ1) is 12.1. The normalized spacial score (nSPS) is 10.3. The zero-order chi connectivity index (χ0) is 12.4. The lowest BCUT2D eigenvalue weighted by atomic mass is 10.0. The Bertz CT molecular complexity index is 567. The lowest BCUT2D eigenvalue weighted by Crippen LogP contribution is -2.02. The van der Waals surface area contributed by atoms with E-state index >= 15 is 0 Å². The lowest BCUT2D eigenvalue weighted by Gasteiger charge is -2.05. The summed E-state index contributed by atoms with van der Waals surface area (Å²) in [6.45, 7) is 0. The number of halogens is 3. The Labute approximate surface area is 108 Å². The van der Waals surface area contributed by atoms with Gasteiger partial charge in [0.2, 0.25) is 0 Å². The predicted molar refractivity (Wildman–Crippen MR) is 66.3 cm³/mol. The second-order valence-electron chi connectivity index (χ2n) is 3.42. The van der Waals surface area contributed by atoms with Crippen LogP contribution in [-0.4, -0.2) is 5.78 Å². The summed E-state index contributed by atoms with van der Waals surface area (Å²) in [6, 6.07) is 11.1. The summed E-state index contributed by atoms with van der Waals surface area (Å²) >= 11 is 11.5. The van der Waals surface area contributed by atoms with Gasteiger partial charge in [0.1, 0.15) is 5.82 Å². The fraction of sp³-hybridized carbons (Fsp3) is 0. The quantitative estimate of drug-likeness (QED) is 0.584. The molecule has 0 N–H and O–H groups in total. The SMILES string of the molecule is O=C(c1ccccc1)c1ccc(F)c(Cl)c1Cl. The number of ketones is 1. The fourth-order valence-electron chi connectivity index (χ4n) is 1.45. The third-order valence-corrected chi connectivity index (χ3v) is 3.17. The van der Waals surface area contributed by atoms with Crippen molar-refractivity contribution in [1.82, 2.24) is 0 Å². The zero-order valence-corrected chi connectivity index (χ0v) is 10.1. The summed E-state index contributed by atoms with van der Waals surface area (Å²) in [6.07, 6.45) is 0. The van der Waals surface area contributed by atoms with Gasteiger partial charge in [-0.15, -0.1) is 0 Å². The topological polar surface area (TPSA) is 17.1 Å². The Morgan fingerprint density at radius 3 is 2.24 bits per heavy atom. The van der Waals surface area contributed by atoms with Crippen molar-refractivity contribution >= 4 is 29.0 Å². The number of carbonyl (C=O) groups is 1. The van der Waals surface area contributed by atoms with Gasteiger partial charge in [0, 0.05) is 11.1 Å². The fourth-order valence-corrected chi connectivity index (χ4v) is 1.85. The third kappa shape index (κ3) is 2.33. The van der Waals surface area contributed by atoms with Crippen molar-refractivity contribution in [1.29, 1.82) is 0 Å². The molecule has 0 amide bonds. The zero-order valence-electron chi connectivity index (χ0n) is 8.58. The molecule has 0 atom stereocenters. The molecule has 0 spiro atoms. The van der Waals surface area contributed by atoms with Crippen molar-refractivity contribution in [3.05, 3.63) is 69.5 Å². The Balaban J connectivity index is 2.49. The Kier molecular flexibility index (Phi) is 3.46. The van der Waals surface area contributed by atoms with Crippen LogP contribution in [0.5, 0.6) is 0 Å². The Morgan fingerprint density at radius 2 is 1.59 bits per heavy atom. The molecule has 0 aliphatic carbocycles. The number of benzene rings is 2. The van der Waals surface area contributed by atoms with Gasteiger partial charge in [-0.25, -0.2) is 4.39 Å². The van der Waals surface area contributed by atoms with Crippen molar-refractivity contribution in [3.8, 4) is 0 Å². The second-order valence-corrected chi connectivity index (χ2v) is 4.17. The van der Waals surface area contributed by atoms with Crippen molar-refractivity contribution in [2.75, 3.05) is 0 Å².